The second kappa shape index (κ2) is 7.05. The second-order valence-electron chi connectivity index (χ2n) is 6.20. The van der Waals surface area contributed by atoms with Gasteiger partial charge in [-0.1, -0.05) is 24.3 Å². The molecule has 0 fully saturated rings. The van der Waals surface area contributed by atoms with Crippen molar-refractivity contribution in [1.29, 1.82) is 0 Å². The van der Waals surface area contributed by atoms with Crippen LogP contribution in [0.2, 0.25) is 0 Å². The summed E-state index contributed by atoms with van der Waals surface area (Å²) in [5.41, 5.74) is 7.82. The van der Waals surface area contributed by atoms with Crippen molar-refractivity contribution in [2.45, 2.75) is 44.7 Å². The van der Waals surface area contributed by atoms with E-state index in [0.717, 1.165) is 45.3 Å². The average molecular weight is 289 g/mol. The molecule has 0 saturated heterocycles. The van der Waals surface area contributed by atoms with Crippen molar-refractivity contribution < 1.29 is 4.79 Å². The van der Waals surface area contributed by atoms with E-state index in [4.69, 9.17) is 5.73 Å². The first-order valence-corrected chi connectivity index (χ1v) is 7.83. The first kappa shape index (κ1) is 16.0. The van der Waals surface area contributed by atoms with Gasteiger partial charge in [-0.05, 0) is 57.3 Å². The Kier molecular flexibility index (Phi) is 5.37. The van der Waals surface area contributed by atoms with E-state index in [2.05, 4.69) is 34.5 Å². The summed E-state index contributed by atoms with van der Waals surface area (Å²) in [7, 11) is 1.80. The molecule has 1 unspecified atom stereocenters. The van der Waals surface area contributed by atoms with Gasteiger partial charge in [-0.3, -0.25) is 9.69 Å². The predicted octanol–water partition coefficient (Wildman–Crippen LogP) is 1.68. The number of carbonyl (C=O) groups is 1. The van der Waals surface area contributed by atoms with Crippen LogP contribution >= 0.6 is 0 Å². The molecule has 0 spiro atoms. The van der Waals surface area contributed by atoms with Crippen molar-refractivity contribution in [2.75, 3.05) is 20.1 Å². The summed E-state index contributed by atoms with van der Waals surface area (Å²) in [6.45, 7) is 5.16. The predicted molar refractivity (Wildman–Crippen MR) is 85.9 cm³/mol. The Morgan fingerprint density at radius 1 is 1.33 bits per heavy atom. The summed E-state index contributed by atoms with van der Waals surface area (Å²) < 4.78 is 0. The summed E-state index contributed by atoms with van der Waals surface area (Å²) in [6, 6.07) is 8.70. The number of nitrogens with two attached hydrogens (primary N) is 1. The first-order valence-electron chi connectivity index (χ1n) is 7.83. The molecule has 1 atom stereocenters. The monoisotopic (exact) mass is 289 g/mol. The molecule has 0 aromatic heterocycles. The van der Waals surface area contributed by atoms with E-state index >= 15 is 0 Å². The Labute approximate surface area is 127 Å². The highest BCUT2D eigenvalue weighted by molar-refractivity contribution is 5.84. The lowest BCUT2D eigenvalue weighted by atomic mass is 9.94. The number of primary amides is 1. The molecule has 116 valence electrons. The van der Waals surface area contributed by atoms with Crippen molar-refractivity contribution in [2.24, 2.45) is 5.73 Å². The van der Waals surface area contributed by atoms with Crippen molar-refractivity contribution in [1.82, 2.24) is 10.2 Å². The van der Waals surface area contributed by atoms with Crippen LogP contribution in [0.1, 0.15) is 37.3 Å². The number of hydrogen-bond acceptors (Lipinski definition) is 3. The number of unbranched alkanes of at least 4 members (excludes halogenated alkanes) is 1. The molecule has 0 bridgehead atoms. The molecule has 1 aliphatic heterocycles. The number of nitrogens with one attached hydrogen (secondary N) is 1. The molecule has 1 heterocycles. The van der Waals surface area contributed by atoms with Crippen LogP contribution in [0.5, 0.6) is 0 Å². The van der Waals surface area contributed by atoms with E-state index in [0.29, 0.717) is 0 Å². The molecule has 1 aliphatic rings. The van der Waals surface area contributed by atoms with Gasteiger partial charge < -0.3 is 11.1 Å². The fraction of sp³-hybridized carbons (Fsp3) is 0.588. The third-order valence-electron chi connectivity index (χ3n) is 4.71. The van der Waals surface area contributed by atoms with Gasteiger partial charge in [0.1, 0.15) is 0 Å². The van der Waals surface area contributed by atoms with Crippen LogP contribution in [0.15, 0.2) is 24.3 Å². The summed E-state index contributed by atoms with van der Waals surface area (Å²) >= 11 is 0. The van der Waals surface area contributed by atoms with Gasteiger partial charge in [-0.25, -0.2) is 0 Å². The van der Waals surface area contributed by atoms with Crippen LogP contribution in [-0.2, 0) is 17.8 Å². The van der Waals surface area contributed by atoms with Gasteiger partial charge in [0.05, 0.1) is 5.54 Å². The fourth-order valence-electron chi connectivity index (χ4n) is 2.93. The number of likely N-dealkylation sites (N-methyl/N-ethyl adjacent to an activating group) is 1. The van der Waals surface area contributed by atoms with Crippen molar-refractivity contribution in [3.05, 3.63) is 35.4 Å². The molecule has 3 N–H and O–H groups in total. The first-order chi connectivity index (χ1) is 10.0. The number of hydrogen-bond donors (Lipinski definition) is 2. The van der Waals surface area contributed by atoms with E-state index in [1.54, 1.807) is 7.05 Å². The lowest BCUT2D eigenvalue weighted by molar-refractivity contribution is -0.123. The van der Waals surface area contributed by atoms with Gasteiger partial charge in [-0.15, -0.1) is 0 Å². The summed E-state index contributed by atoms with van der Waals surface area (Å²) in [5, 5.41) is 3.04. The standard InChI is InChI=1S/C17H27N3O/c1-17(19-2,16(18)21)10-5-6-11-20-12-9-14-7-3-4-8-15(14)13-20/h3-4,7-8,19H,5-6,9-13H2,1-2H3,(H2,18,21). The minimum atomic E-state index is -0.575. The molecule has 4 heteroatoms. The van der Waals surface area contributed by atoms with E-state index in [1.807, 2.05) is 6.92 Å². The van der Waals surface area contributed by atoms with E-state index in [9.17, 15) is 4.79 Å². The number of nitrogens with zero attached hydrogens (tertiary/aromatic N) is 1. The Hall–Kier alpha value is -1.39. The molecule has 4 nitrogen and oxygen atoms in total. The highest BCUT2D eigenvalue weighted by atomic mass is 16.1. The van der Waals surface area contributed by atoms with Crippen LogP contribution < -0.4 is 11.1 Å². The minimum absolute atomic E-state index is 0.267. The van der Waals surface area contributed by atoms with Crippen LogP contribution in [0.4, 0.5) is 0 Å². The normalized spacial score (nSPS) is 18.0. The van der Waals surface area contributed by atoms with E-state index < -0.39 is 5.54 Å². The Balaban J connectivity index is 1.74. The maximum atomic E-state index is 11.4. The van der Waals surface area contributed by atoms with Crippen LogP contribution in [0.3, 0.4) is 0 Å². The zero-order chi connectivity index (χ0) is 15.3. The summed E-state index contributed by atoms with van der Waals surface area (Å²) in [5.74, 6) is -0.267. The third-order valence-corrected chi connectivity index (χ3v) is 4.71. The van der Waals surface area contributed by atoms with Crippen molar-refractivity contribution in [3.8, 4) is 0 Å². The third kappa shape index (κ3) is 4.05. The highest BCUT2D eigenvalue weighted by Gasteiger charge is 2.28. The number of carbonyl (C=O) groups excluding carboxylic acids is 1. The number of benzene rings is 1. The Bertz CT molecular complexity index is 489. The molecule has 2 rings (SSSR count). The van der Waals surface area contributed by atoms with Gasteiger partial charge >= 0.3 is 0 Å². The van der Waals surface area contributed by atoms with Gasteiger partial charge in [0.15, 0.2) is 0 Å². The second-order valence-corrected chi connectivity index (χ2v) is 6.20. The quantitative estimate of drug-likeness (QED) is 0.751. The van der Waals surface area contributed by atoms with E-state index in [1.165, 1.54) is 11.1 Å². The Morgan fingerprint density at radius 3 is 2.71 bits per heavy atom. The smallest absolute Gasteiger partial charge is 0.237 e. The molecule has 21 heavy (non-hydrogen) atoms. The number of amides is 1. The van der Waals surface area contributed by atoms with Crippen LogP contribution in [0, 0.1) is 0 Å². The fourth-order valence-corrected chi connectivity index (χ4v) is 2.93. The van der Waals surface area contributed by atoms with Gasteiger partial charge in [0.2, 0.25) is 5.91 Å². The minimum Gasteiger partial charge on any atom is -0.368 e. The molecular formula is C17H27N3O. The van der Waals surface area contributed by atoms with Crippen molar-refractivity contribution >= 4 is 5.91 Å². The largest absolute Gasteiger partial charge is 0.368 e. The van der Waals surface area contributed by atoms with Gasteiger partial charge in [-0.2, -0.15) is 0 Å². The summed E-state index contributed by atoms with van der Waals surface area (Å²) in [4.78, 5) is 13.9. The summed E-state index contributed by atoms with van der Waals surface area (Å²) in [6.07, 6.45) is 4.06. The molecule has 1 amide bonds. The lowest BCUT2D eigenvalue weighted by Crippen LogP contribution is -2.51. The average Bonchev–Trinajstić information content (AvgIpc) is 2.51. The van der Waals surface area contributed by atoms with Gasteiger partial charge in [0, 0.05) is 13.1 Å². The molecular weight excluding hydrogens is 262 g/mol. The van der Waals surface area contributed by atoms with Crippen molar-refractivity contribution in [3.63, 3.8) is 0 Å². The lowest BCUT2D eigenvalue weighted by Gasteiger charge is -2.29. The highest BCUT2D eigenvalue weighted by Crippen LogP contribution is 2.19. The Morgan fingerprint density at radius 2 is 2.05 bits per heavy atom. The molecule has 1 aromatic rings. The number of rotatable bonds is 7. The van der Waals surface area contributed by atoms with Crippen LogP contribution in [-0.4, -0.2) is 36.5 Å². The maximum Gasteiger partial charge on any atom is 0.237 e. The number of fused-ring (bicyclic) bond motifs is 1. The molecule has 0 aliphatic carbocycles. The SMILES string of the molecule is CNC(C)(CCCCN1CCc2ccccc2C1)C(N)=O. The molecule has 0 saturated carbocycles. The van der Waals surface area contributed by atoms with Gasteiger partial charge in [0.25, 0.3) is 0 Å². The maximum absolute atomic E-state index is 11.4. The van der Waals surface area contributed by atoms with Crippen LogP contribution in [0.25, 0.3) is 0 Å². The molecule has 0 radical (unpaired) electrons. The molecule has 1 aromatic carbocycles. The zero-order valence-electron chi connectivity index (χ0n) is 13.2. The topological polar surface area (TPSA) is 58.4 Å². The zero-order valence-corrected chi connectivity index (χ0v) is 13.2. The van der Waals surface area contributed by atoms with E-state index in [-0.39, 0.29) is 5.91 Å².